The maximum Gasteiger partial charge on any atom is 0.435 e. The number of aliphatic hydroxyl groups is 1. The van der Waals surface area contributed by atoms with Crippen molar-refractivity contribution in [3.8, 4) is 16.9 Å². The number of carboxylic acid groups (broad SMARTS) is 1. The molecule has 3 aromatic heterocycles. The number of aromatic nitrogens is 5. The number of rotatable bonds is 7. The first-order valence-corrected chi connectivity index (χ1v) is 14.5. The molecule has 45 heavy (non-hydrogen) atoms. The molecule has 0 unspecified atom stereocenters. The van der Waals surface area contributed by atoms with Crippen LogP contribution in [-0.2, 0) is 26.2 Å². The van der Waals surface area contributed by atoms with Gasteiger partial charge in [-0.05, 0) is 55.7 Å². The fourth-order valence-corrected chi connectivity index (χ4v) is 6.05. The maximum absolute atomic E-state index is 14.0. The minimum atomic E-state index is -4.69. The molecule has 11 nitrogen and oxygen atoms in total. The molecule has 2 aliphatic heterocycles. The number of benzene rings is 1. The smallest absolute Gasteiger partial charge is 0.435 e. The Bertz CT molecular complexity index is 1750. The number of hydrogen-bond acceptors (Lipinski definition) is 7. The molecule has 5 heterocycles. The molecular formula is C31H34F3N7O4. The van der Waals surface area contributed by atoms with E-state index in [9.17, 15) is 28.2 Å². The topological polar surface area (TPSA) is 122 Å². The Balaban J connectivity index is 1.32. The van der Waals surface area contributed by atoms with Crippen molar-refractivity contribution < 1.29 is 32.9 Å². The van der Waals surface area contributed by atoms with Crippen molar-refractivity contribution >= 4 is 11.9 Å². The van der Waals surface area contributed by atoms with Gasteiger partial charge in [0.2, 0.25) is 0 Å². The van der Waals surface area contributed by atoms with Gasteiger partial charge in [-0.1, -0.05) is 0 Å². The quantitative estimate of drug-likeness (QED) is 0.309. The fourth-order valence-electron chi connectivity index (χ4n) is 6.05. The van der Waals surface area contributed by atoms with Crippen LogP contribution in [-0.4, -0.2) is 78.3 Å². The highest BCUT2D eigenvalue weighted by Crippen LogP contribution is 2.47. The predicted octanol–water partition coefficient (Wildman–Crippen LogP) is 4.45. The number of pyridine rings is 1. The van der Waals surface area contributed by atoms with E-state index in [2.05, 4.69) is 10.1 Å². The normalized spacial score (nSPS) is 18.4. The Morgan fingerprint density at radius 2 is 1.91 bits per heavy atom. The first-order valence-electron chi connectivity index (χ1n) is 14.5. The van der Waals surface area contributed by atoms with Crippen LogP contribution in [0.3, 0.4) is 0 Å². The second-order valence-electron chi connectivity index (χ2n) is 11.9. The Morgan fingerprint density at radius 3 is 2.58 bits per heavy atom. The number of anilines is 1. The van der Waals surface area contributed by atoms with E-state index >= 15 is 0 Å². The zero-order valence-corrected chi connectivity index (χ0v) is 25.3. The van der Waals surface area contributed by atoms with Crippen molar-refractivity contribution in [3.63, 3.8) is 0 Å². The largest absolute Gasteiger partial charge is 0.492 e. The molecule has 238 valence electrons. The number of nitrogens with zero attached hydrogens (tertiary/aromatic N) is 7. The van der Waals surface area contributed by atoms with Gasteiger partial charge in [0.15, 0.2) is 5.69 Å². The van der Waals surface area contributed by atoms with E-state index in [1.54, 1.807) is 31.6 Å². The van der Waals surface area contributed by atoms with Crippen molar-refractivity contribution in [3.05, 3.63) is 76.8 Å². The minimum absolute atomic E-state index is 0.0723. The van der Waals surface area contributed by atoms with Gasteiger partial charge in [0.1, 0.15) is 17.4 Å². The van der Waals surface area contributed by atoms with Crippen LogP contribution >= 0.6 is 0 Å². The number of fused-ring (bicyclic) bond motifs is 1. The molecular weight excluding hydrogens is 591 g/mol. The Labute approximate surface area is 257 Å². The molecule has 14 heteroatoms. The molecule has 2 aliphatic rings. The van der Waals surface area contributed by atoms with Gasteiger partial charge < -0.3 is 29.3 Å². The predicted molar refractivity (Wildman–Crippen MR) is 158 cm³/mol. The lowest BCUT2D eigenvalue weighted by atomic mass is 9.86. The van der Waals surface area contributed by atoms with E-state index < -0.39 is 30.0 Å². The molecule has 2 atom stereocenters. The van der Waals surface area contributed by atoms with E-state index in [-0.39, 0.29) is 29.5 Å². The van der Waals surface area contributed by atoms with Crippen LogP contribution in [0, 0.1) is 19.8 Å². The van der Waals surface area contributed by atoms with Crippen LogP contribution < -0.4 is 9.64 Å². The lowest BCUT2D eigenvalue weighted by Gasteiger charge is -2.43. The van der Waals surface area contributed by atoms with E-state index in [0.29, 0.717) is 37.2 Å². The van der Waals surface area contributed by atoms with Crippen LogP contribution in [0.25, 0.3) is 11.1 Å². The number of alkyl halides is 3. The van der Waals surface area contributed by atoms with Crippen molar-refractivity contribution in [1.82, 2.24) is 29.2 Å². The average Bonchev–Trinajstić information content (AvgIpc) is 3.53. The second kappa shape index (κ2) is 11.4. The van der Waals surface area contributed by atoms with Gasteiger partial charge in [0, 0.05) is 80.6 Å². The number of aryl methyl sites for hydroxylation is 3. The molecule has 1 aromatic carbocycles. The first kappa shape index (κ1) is 30.4. The monoisotopic (exact) mass is 625 g/mol. The highest BCUT2D eigenvalue weighted by atomic mass is 19.4. The Kier molecular flexibility index (Phi) is 7.71. The van der Waals surface area contributed by atoms with E-state index in [4.69, 9.17) is 9.72 Å². The summed E-state index contributed by atoms with van der Waals surface area (Å²) < 4.78 is 51.3. The minimum Gasteiger partial charge on any atom is -0.492 e. The number of halogens is 3. The third-order valence-corrected chi connectivity index (χ3v) is 8.56. The SMILES string of the molecule is Cc1cc(C[C@@H]2COc3c(-c4cn(C)nc4C(F)(F)F)cc(Cn4ccnc4C)cc3[C@@H]2O)nc(N2CC(N(C)C(=O)O)C2)c1. The summed E-state index contributed by atoms with van der Waals surface area (Å²) in [7, 11) is 2.98. The summed E-state index contributed by atoms with van der Waals surface area (Å²) in [6, 6.07) is 7.19. The second-order valence-corrected chi connectivity index (χ2v) is 11.9. The van der Waals surface area contributed by atoms with E-state index in [1.165, 1.54) is 18.1 Å². The standard InChI is InChI=1S/C31H34F3N7O4/c1-17-7-21(36-26(8-17)41-13-22(14-41)39(4)30(43)44)11-20-16-45-28-23(25-15-38(3)37-29(25)31(32,33)34)9-19(10-24(28)27(20)42)12-40-6-5-35-18(40)2/h5-10,15,20,22,27,42H,11-14,16H2,1-4H3,(H,43,44)/t20-,27-/m1/s1. The van der Waals surface area contributed by atoms with Crippen LogP contribution in [0.4, 0.5) is 23.8 Å². The van der Waals surface area contributed by atoms with Crippen molar-refractivity contribution in [2.24, 2.45) is 13.0 Å². The molecule has 4 aromatic rings. The third-order valence-electron chi connectivity index (χ3n) is 8.56. The van der Waals surface area contributed by atoms with Crippen LogP contribution in [0.5, 0.6) is 5.75 Å². The van der Waals surface area contributed by atoms with Crippen LogP contribution in [0.15, 0.2) is 42.9 Å². The highest BCUT2D eigenvalue weighted by molar-refractivity contribution is 5.75. The van der Waals surface area contributed by atoms with Gasteiger partial charge in [0.25, 0.3) is 0 Å². The molecule has 1 saturated heterocycles. The number of carbonyl (C=O) groups is 1. The summed E-state index contributed by atoms with van der Waals surface area (Å²) in [4.78, 5) is 23.7. The number of hydrogen-bond donors (Lipinski definition) is 2. The molecule has 1 fully saturated rings. The summed E-state index contributed by atoms with van der Waals surface area (Å²) in [6.45, 7) is 5.24. The number of ether oxygens (including phenoxy) is 1. The lowest BCUT2D eigenvalue weighted by molar-refractivity contribution is -0.141. The maximum atomic E-state index is 14.0. The lowest BCUT2D eigenvalue weighted by Crippen LogP contribution is -2.60. The van der Waals surface area contributed by atoms with Crippen molar-refractivity contribution in [2.75, 3.05) is 31.6 Å². The van der Waals surface area contributed by atoms with Gasteiger partial charge in [-0.3, -0.25) is 4.68 Å². The molecule has 0 aliphatic carbocycles. The van der Waals surface area contributed by atoms with E-state index in [0.717, 1.165) is 27.6 Å². The van der Waals surface area contributed by atoms with Gasteiger partial charge >= 0.3 is 12.3 Å². The van der Waals surface area contributed by atoms with Crippen molar-refractivity contribution in [2.45, 2.75) is 45.1 Å². The number of aliphatic hydroxyl groups excluding tert-OH is 1. The molecule has 1 amide bonds. The first-order chi connectivity index (χ1) is 21.3. The zero-order chi connectivity index (χ0) is 32.2. The molecule has 0 saturated carbocycles. The summed E-state index contributed by atoms with van der Waals surface area (Å²) in [6.07, 6.45) is -1.58. The third kappa shape index (κ3) is 5.93. The molecule has 2 N–H and O–H groups in total. The summed E-state index contributed by atoms with van der Waals surface area (Å²) in [5.74, 6) is 1.25. The van der Waals surface area contributed by atoms with Gasteiger partial charge in [-0.2, -0.15) is 18.3 Å². The number of amides is 1. The highest BCUT2D eigenvalue weighted by Gasteiger charge is 2.40. The fraction of sp³-hybridized carbons (Fsp3) is 0.419. The zero-order valence-electron chi connectivity index (χ0n) is 25.3. The number of imidazole rings is 1. The molecule has 0 radical (unpaired) electrons. The Hall–Kier alpha value is -4.59. The summed E-state index contributed by atoms with van der Waals surface area (Å²) in [5.41, 5.74) is 1.85. The van der Waals surface area contributed by atoms with Gasteiger partial charge in [0.05, 0.1) is 18.8 Å². The average molecular weight is 626 g/mol. The van der Waals surface area contributed by atoms with E-state index in [1.807, 2.05) is 35.4 Å². The van der Waals surface area contributed by atoms with Gasteiger partial charge in [-0.25, -0.2) is 14.8 Å². The molecule has 6 rings (SSSR count). The molecule has 0 spiro atoms. The Morgan fingerprint density at radius 1 is 1.16 bits per heavy atom. The molecule has 0 bridgehead atoms. The summed E-state index contributed by atoms with van der Waals surface area (Å²) in [5, 5.41) is 24.7. The summed E-state index contributed by atoms with van der Waals surface area (Å²) >= 11 is 0. The van der Waals surface area contributed by atoms with Crippen molar-refractivity contribution in [1.29, 1.82) is 0 Å². The van der Waals surface area contributed by atoms with Crippen LogP contribution in [0.1, 0.15) is 40.0 Å². The number of likely N-dealkylation sites (N-methyl/N-ethyl adjacent to an activating group) is 1. The van der Waals surface area contributed by atoms with Crippen LogP contribution in [0.2, 0.25) is 0 Å². The van der Waals surface area contributed by atoms with Gasteiger partial charge in [-0.15, -0.1) is 0 Å².